The summed E-state index contributed by atoms with van der Waals surface area (Å²) in [6, 6.07) is 7.10. The van der Waals surface area contributed by atoms with Gasteiger partial charge in [-0.1, -0.05) is 31.6 Å². The molecular formula is C38H42O8S2. The third-order valence-electron chi connectivity index (χ3n) is 13.4. The molecule has 0 aromatic carbocycles. The number of rotatable bonds is 7. The Morgan fingerprint density at radius 2 is 1.75 bits per heavy atom. The highest BCUT2D eigenvalue weighted by Crippen LogP contribution is 2.73. The zero-order valence-electron chi connectivity index (χ0n) is 27.8. The van der Waals surface area contributed by atoms with Gasteiger partial charge < -0.3 is 18.9 Å². The molecular weight excluding hydrogens is 649 g/mol. The van der Waals surface area contributed by atoms with E-state index in [1.807, 2.05) is 23.8 Å². The summed E-state index contributed by atoms with van der Waals surface area (Å²) in [7, 11) is 0. The van der Waals surface area contributed by atoms with Gasteiger partial charge in [0.1, 0.15) is 28.1 Å². The molecule has 4 heterocycles. The summed E-state index contributed by atoms with van der Waals surface area (Å²) in [5.41, 5.74) is -0.155. The third kappa shape index (κ3) is 4.61. The van der Waals surface area contributed by atoms with E-state index in [4.69, 9.17) is 18.9 Å². The molecule has 4 aliphatic carbocycles. The van der Waals surface area contributed by atoms with Crippen LogP contribution >= 0.6 is 22.7 Å². The zero-order chi connectivity index (χ0) is 33.6. The molecule has 1 saturated heterocycles. The maximum absolute atomic E-state index is 13.9. The van der Waals surface area contributed by atoms with E-state index in [-0.39, 0.29) is 47.8 Å². The van der Waals surface area contributed by atoms with Gasteiger partial charge in [-0.05, 0) is 116 Å². The SMILES string of the molecule is CC1=C(COC(=O)c2cccs2)C(=O)O[C@@H]([C@@H](C)[C@H]2CC[C@H]3[C@@H]4C[C@H]5O[C@]56[C@@H](OC(=O)c5cccs5)C=CC(=O)[C@]6(C)[C@H]4CC[C@]23C)C1. The Bertz CT molecular complexity index is 1710. The Kier molecular flexibility index (Phi) is 7.69. The second kappa shape index (κ2) is 11.5. The van der Waals surface area contributed by atoms with Gasteiger partial charge in [0.25, 0.3) is 0 Å². The molecule has 3 saturated carbocycles. The molecule has 0 radical (unpaired) electrons. The van der Waals surface area contributed by atoms with Crippen molar-refractivity contribution in [3.8, 4) is 0 Å². The number of allylic oxidation sites excluding steroid dienone is 1. The number of carbonyl (C=O) groups excluding carboxylic acids is 4. The minimum absolute atomic E-state index is 0.0466. The van der Waals surface area contributed by atoms with E-state index >= 15 is 0 Å². The van der Waals surface area contributed by atoms with E-state index in [0.717, 1.165) is 37.7 Å². The number of fused-ring (bicyclic) bond motifs is 4. The van der Waals surface area contributed by atoms with Gasteiger partial charge in [0, 0.05) is 6.42 Å². The number of thiophene rings is 2. The van der Waals surface area contributed by atoms with Gasteiger partial charge >= 0.3 is 17.9 Å². The topological polar surface area (TPSA) is 108 Å². The first kappa shape index (κ1) is 32.1. The predicted molar refractivity (Wildman–Crippen MR) is 179 cm³/mol. The van der Waals surface area contributed by atoms with Crippen LogP contribution in [0, 0.1) is 40.4 Å². The first-order valence-corrected chi connectivity index (χ1v) is 19.0. The number of ketones is 1. The van der Waals surface area contributed by atoms with Crippen molar-refractivity contribution in [1.29, 1.82) is 0 Å². The average Bonchev–Trinajstić information content (AvgIpc) is 3.51. The number of hydrogen-bond donors (Lipinski definition) is 0. The molecule has 0 bridgehead atoms. The van der Waals surface area contributed by atoms with Gasteiger partial charge in [-0.25, -0.2) is 14.4 Å². The van der Waals surface area contributed by atoms with Crippen LogP contribution in [-0.2, 0) is 28.5 Å². The first-order chi connectivity index (χ1) is 23.0. The quantitative estimate of drug-likeness (QED) is 0.171. The fourth-order valence-corrected chi connectivity index (χ4v) is 12.2. The van der Waals surface area contributed by atoms with E-state index in [1.165, 1.54) is 22.7 Å². The maximum Gasteiger partial charge on any atom is 0.348 e. The molecule has 2 aromatic heterocycles. The van der Waals surface area contributed by atoms with Gasteiger partial charge in [0.05, 0.1) is 17.1 Å². The van der Waals surface area contributed by atoms with Crippen LogP contribution < -0.4 is 0 Å². The molecule has 4 fully saturated rings. The second-order valence-corrected chi connectivity index (χ2v) is 17.2. The summed E-state index contributed by atoms with van der Waals surface area (Å²) < 4.78 is 24.2. The monoisotopic (exact) mass is 690 g/mol. The van der Waals surface area contributed by atoms with Crippen molar-refractivity contribution in [2.45, 2.75) is 90.1 Å². The first-order valence-electron chi connectivity index (χ1n) is 17.2. The lowest BCUT2D eigenvalue weighted by Crippen LogP contribution is -2.64. The third-order valence-corrected chi connectivity index (χ3v) is 15.1. The Hall–Kier alpha value is -3.08. The number of esters is 3. The van der Waals surface area contributed by atoms with Crippen LogP contribution in [0.2, 0.25) is 0 Å². The van der Waals surface area contributed by atoms with E-state index in [2.05, 4.69) is 20.8 Å². The Labute approximate surface area is 288 Å². The van der Waals surface area contributed by atoms with Crippen LogP contribution in [0.3, 0.4) is 0 Å². The van der Waals surface area contributed by atoms with Crippen molar-refractivity contribution in [2.75, 3.05) is 6.61 Å². The van der Waals surface area contributed by atoms with E-state index < -0.39 is 29.1 Å². The number of carbonyl (C=O) groups is 4. The van der Waals surface area contributed by atoms with Gasteiger partial charge in [-0.15, -0.1) is 22.7 Å². The zero-order valence-corrected chi connectivity index (χ0v) is 29.4. The van der Waals surface area contributed by atoms with Gasteiger partial charge in [0.2, 0.25) is 0 Å². The van der Waals surface area contributed by atoms with Gasteiger partial charge in [-0.2, -0.15) is 0 Å². The van der Waals surface area contributed by atoms with Crippen molar-refractivity contribution in [1.82, 2.24) is 0 Å². The average molecular weight is 691 g/mol. The lowest BCUT2D eigenvalue weighted by Gasteiger charge is -2.58. The summed E-state index contributed by atoms with van der Waals surface area (Å²) in [6.07, 6.45) is 7.94. The lowest BCUT2D eigenvalue weighted by atomic mass is 9.44. The molecule has 10 heteroatoms. The Morgan fingerprint density at radius 3 is 2.44 bits per heavy atom. The largest absolute Gasteiger partial charge is 0.458 e. The summed E-state index contributed by atoms with van der Waals surface area (Å²) in [5, 5.41) is 3.68. The van der Waals surface area contributed by atoms with Crippen LogP contribution in [0.1, 0.15) is 85.6 Å². The minimum Gasteiger partial charge on any atom is -0.458 e. The molecule has 6 aliphatic rings. The molecule has 8 rings (SSSR count). The molecule has 1 spiro atoms. The van der Waals surface area contributed by atoms with Crippen molar-refractivity contribution >= 4 is 46.4 Å². The Balaban J connectivity index is 0.977. The summed E-state index contributed by atoms with van der Waals surface area (Å²) in [4.78, 5) is 53.6. The molecule has 254 valence electrons. The second-order valence-electron chi connectivity index (χ2n) is 15.3. The molecule has 0 unspecified atom stereocenters. The van der Waals surface area contributed by atoms with Crippen LogP contribution in [-0.4, -0.2) is 54.2 Å². The summed E-state index contributed by atoms with van der Waals surface area (Å²) in [5.74, 6) is 0.316. The molecule has 2 aromatic rings. The van der Waals surface area contributed by atoms with Crippen LogP contribution in [0.25, 0.3) is 0 Å². The lowest BCUT2D eigenvalue weighted by molar-refractivity contribution is -0.156. The standard InChI is InChI=1S/C38H42O8S2/c1-20-17-27(44-33(40)23(20)19-43-34(41)28-7-5-15-47-28)21(2)24-9-10-25-22-18-32-38(46-32)31(45-35(42)29-8-6-16-48-29)12-11-30(39)37(38,4)26(22)13-14-36(24,25)3/h5-8,11-12,15-16,21-22,24-27,31-32H,9-10,13-14,17-19H2,1-4H3/t21-,22-,24+,25-,26-,27+,31-,32+,36+,37-,38+/m0/s1. The highest BCUT2D eigenvalue weighted by Gasteiger charge is 2.81. The van der Waals surface area contributed by atoms with Crippen LogP contribution in [0.15, 0.2) is 58.3 Å². The highest BCUT2D eigenvalue weighted by molar-refractivity contribution is 7.12. The normalized spacial score (nSPS) is 40.2. The van der Waals surface area contributed by atoms with Gasteiger partial charge in [0.15, 0.2) is 11.9 Å². The molecule has 11 atom stereocenters. The van der Waals surface area contributed by atoms with E-state index in [0.29, 0.717) is 39.5 Å². The molecule has 48 heavy (non-hydrogen) atoms. The number of cyclic esters (lactones) is 1. The van der Waals surface area contributed by atoms with Gasteiger partial charge in [-0.3, -0.25) is 4.79 Å². The fourth-order valence-electron chi connectivity index (χ4n) is 10.9. The van der Waals surface area contributed by atoms with E-state index in [1.54, 1.807) is 30.4 Å². The number of epoxide rings is 1. The summed E-state index contributed by atoms with van der Waals surface area (Å²) >= 11 is 2.66. The molecule has 8 nitrogen and oxygen atoms in total. The smallest absolute Gasteiger partial charge is 0.348 e. The van der Waals surface area contributed by atoms with Crippen LogP contribution in [0.4, 0.5) is 0 Å². The van der Waals surface area contributed by atoms with Crippen LogP contribution in [0.5, 0.6) is 0 Å². The van der Waals surface area contributed by atoms with Crippen molar-refractivity contribution in [2.24, 2.45) is 40.4 Å². The number of ether oxygens (including phenoxy) is 4. The Morgan fingerprint density at radius 1 is 1.02 bits per heavy atom. The molecule has 2 aliphatic heterocycles. The highest BCUT2D eigenvalue weighted by atomic mass is 32.1. The van der Waals surface area contributed by atoms with Crippen molar-refractivity contribution < 1.29 is 38.1 Å². The maximum atomic E-state index is 13.9. The molecule has 0 amide bonds. The minimum atomic E-state index is -0.804. The number of hydrogen-bond acceptors (Lipinski definition) is 10. The molecule has 0 N–H and O–H groups in total. The summed E-state index contributed by atoms with van der Waals surface area (Å²) in [6.45, 7) is 8.60. The predicted octanol–water partition coefficient (Wildman–Crippen LogP) is 7.21. The van der Waals surface area contributed by atoms with E-state index in [9.17, 15) is 19.2 Å². The van der Waals surface area contributed by atoms with Crippen molar-refractivity contribution in [3.63, 3.8) is 0 Å². The van der Waals surface area contributed by atoms with Crippen molar-refractivity contribution in [3.05, 3.63) is 68.1 Å². The fraction of sp³-hybridized carbons (Fsp3) is 0.579.